The molecule has 0 bridgehead atoms. The molecule has 1 aromatic rings. The summed E-state index contributed by atoms with van der Waals surface area (Å²) in [5.41, 5.74) is 1.22. The molecule has 0 atom stereocenters. The molecule has 0 unspecified atom stereocenters. The van der Waals surface area contributed by atoms with Crippen molar-refractivity contribution < 1.29 is 17.2 Å². The Balaban J connectivity index is 2.07. The summed E-state index contributed by atoms with van der Waals surface area (Å²) >= 11 is 2.89. The number of hydrogen-bond donors (Lipinski definition) is 1. The van der Waals surface area contributed by atoms with E-state index in [1.54, 1.807) is 0 Å². The highest BCUT2D eigenvalue weighted by Gasteiger charge is 2.23. The molecule has 0 aliphatic heterocycles. The summed E-state index contributed by atoms with van der Waals surface area (Å²) in [4.78, 5) is -0.554. The van der Waals surface area contributed by atoms with Crippen molar-refractivity contribution in [3.8, 4) is 0 Å². The third-order valence-corrected chi connectivity index (χ3v) is 5.78. The van der Waals surface area contributed by atoms with Gasteiger partial charge in [0.15, 0.2) is 0 Å². The predicted octanol–water partition coefficient (Wildman–Crippen LogP) is 3.90. The van der Waals surface area contributed by atoms with E-state index in [-0.39, 0.29) is 11.0 Å². The summed E-state index contributed by atoms with van der Waals surface area (Å²) in [6.07, 6.45) is 7.04. The van der Waals surface area contributed by atoms with Crippen LogP contribution in [0.25, 0.3) is 0 Å². The van der Waals surface area contributed by atoms with Crippen molar-refractivity contribution >= 4 is 26.0 Å². The molecule has 1 N–H and O–H groups in total. The molecule has 21 heavy (non-hydrogen) atoms. The molecule has 0 amide bonds. The first-order valence-electron chi connectivity index (χ1n) is 6.72. The molecular weight excluding hydrogens is 364 g/mol. The highest BCUT2D eigenvalue weighted by molar-refractivity contribution is 9.10. The maximum atomic E-state index is 13.7. The molecule has 3 nitrogen and oxygen atoms in total. The van der Waals surface area contributed by atoms with Crippen molar-refractivity contribution in [1.29, 1.82) is 0 Å². The smallest absolute Gasteiger partial charge is 0.211 e. The van der Waals surface area contributed by atoms with Crippen LogP contribution in [0.4, 0.5) is 8.78 Å². The zero-order valence-corrected chi connectivity index (χ0v) is 13.7. The van der Waals surface area contributed by atoms with E-state index < -0.39 is 26.6 Å². The fourth-order valence-corrected chi connectivity index (χ4v) is 4.53. The molecule has 0 saturated heterocycles. The van der Waals surface area contributed by atoms with Crippen LogP contribution < -0.4 is 4.72 Å². The van der Waals surface area contributed by atoms with E-state index in [9.17, 15) is 17.2 Å². The predicted molar refractivity (Wildman–Crippen MR) is 80.4 cm³/mol. The molecule has 116 valence electrons. The normalized spacial score (nSPS) is 15.9. The van der Waals surface area contributed by atoms with Gasteiger partial charge in [0.2, 0.25) is 10.0 Å². The number of allylic oxidation sites excluding steroid dienone is 1. The Morgan fingerprint density at radius 1 is 1.24 bits per heavy atom. The SMILES string of the molecule is O=S(=O)(NCCC1=CCCCC1)c1c(F)cc(F)cc1Br. The van der Waals surface area contributed by atoms with Crippen molar-refractivity contribution in [2.75, 3.05) is 6.54 Å². The van der Waals surface area contributed by atoms with Crippen LogP contribution in [0.2, 0.25) is 0 Å². The lowest BCUT2D eigenvalue weighted by molar-refractivity contribution is 0.540. The number of rotatable bonds is 5. The van der Waals surface area contributed by atoms with Gasteiger partial charge >= 0.3 is 0 Å². The van der Waals surface area contributed by atoms with Crippen LogP contribution in [-0.4, -0.2) is 15.0 Å². The molecule has 0 fully saturated rings. The maximum absolute atomic E-state index is 13.7. The van der Waals surface area contributed by atoms with Crippen molar-refractivity contribution in [1.82, 2.24) is 4.72 Å². The molecule has 0 radical (unpaired) electrons. The lowest BCUT2D eigenvalue weighted by atomic mass is 9.97. The monoisotopic (exact) mass is 379 g/mol. The quantitative estimate of drug-likeness (QED) is 0.788. The highest BCUT2D eigenvalue weighted by Crippen LogP contribution is 2.26. The van der Waals surface area contributed by atoms with Gasteiger partial charge in [-0.3, -0.25) is 0 Å². The van der Waals surface area contributed by atoms with Gasteiger partial charge in [0.05, 0.1) is 0 Å². The molecule has 1 aromatic carbocycles. The molecule has 0 heterocycles. The van der Waals surface area contributed by atoms with Gasteiger partial charge in [-0.1, -0.05) is 11.6 Å². The van der Waals surface area contributed by atoms with Gasteiger partial charge in [0, 0.05) is 17.1 Å². The van der Waals surface area contributed by atoms with Gasteiger partial charge in [0.1, 0.15) is 16.5 Å². The lowest BCUT2D eigenvalue weighted by Gasteiger charge is -2.14. The van der Waals surface area contributed by atoms with E-state index in [1.165, 1.54) is 12.0 Å². The second-order valence-corrected chi connectivity index (χ2v) is 7.51. The van der Waals surface area contributed by atoms with E-state index in [2.05, 4.69) is 26.7 Å². The van der Waals surface area contributed by atoms with Crippen LogP contribution in [0.3, 0.4) is 0 Å². The molecule has 0 saturated carbocycles. The Hall–Kier alpha value is -0.790. The topological polar surface area (TPSA) is 46.2 Å². The van der Waals surface area contributed by atoms with Gasteiger partial charge in [-0.2, -0.15) is 0 Å². The van der Waals surface area contributed by atoms with Crippen LogP contribution in [0, 0.1) is 11.6 Å². The van der Waals surface area contributed by atoms with Gasteiger partial charge in [-0.05, 0) is 54.1 Å². The van der Waals surface area contributed by atoms with Crippen molar-refractivity contribution in [3.05, 3.63) is 39.9 Å². The summed E-state index contributed by atoms with van der Waals surface area (Å²) in [6, 6.07) is 1.49. The Bertz CT molecular complexity index is 636. The van der Waals surface area contributed by atoms with Crippen LogP contribution in [-0.2, 0) is 10.0 Å². The lowest BCUT2D eigenvalue weighted by Crippen LogP contribution is -2.26. The van der Waals surface area contributed by atoms with E-state index in [0.29, 0.717) is 12.5 Å². The van der Waals surface area contributed by atoms with Crippen LogP contribution >= 0.6 is 15.9 Å². The first-order valence-corrected chi connectivity index (χ1v) is 9.00. The number of nitrogens with one attached hydrogen (secondary N) is 1. The van der Waals surface area contributed by atoms with Gasteiger partial charge in [0.25, 0.3) is 0 Å². The Labute approximate surface area is 131 Å². The standard InChI is InChI=1S/C14H16BrF2NO2S/c15-12-8-11(16)9-13(17)14(12)21(19,20)18-7-6-10-4-2-1-3-5-10/h4,8-9,18H,1-3,5-7H2. The minimum absolute atomic E-state index is 0.121. The minimum Gasteiger partial charge on any atom is -0.211 e. The fraction of sp³-hybridized carbons (Fsp3) is 0.429. The maximum Gasteiger partial charge on any atom is 0.244 e. The second kappa shape index (κ2) is 6.98. The average molecular weight is 380 g/mol. The summed E-state index contributed by atoms with van der Waals surface area (Å²) in [5, 5.41) is 0. The highest BCUT2D eigenvalue weighted by atomic mass is 79.9. The summed E-state index contributed by atoms with van der Waals surface area (Å²) in [7, 11) is -4.00. The largest absolute Gasteiger partial charge is 0.244 e. The van der Waals surface area contributed by atoms with Crippen molar-refractivity contribution in [2.45, 2.75) is 37.0 Å². The van der Waals surface area contributed by atoms with Gasteiger partial charge in [-0.25, -0.2) is 21.9 Å². The molecule has 0 aromatic heterocycles. The first-order chi connectivity index (χ1) is 9.90. The van der Waals surface area contributed by atoms with E-state index in [0.717, 1.165) is 25.3 Å². The molecule has 2 rings (SSSR count). The first kappa shape index (κ1) is 16.6. The Morgan fingerprint density at radius 3 is 2.62 bits per heavy atom. The zero-order chi connectivity index (χ0) is 15.5. The summed E-state index contributed by atoms with van der Waals surface area (Å²) in [5.74, 6) is -1.93. The van der Waals surface area contributed by atoms with Gasteiger partial charge in [-0.15, -0.1) is 0 Å². The van der Waals surface area contributed by atoms with E-state index in [1.807, 2.05) is 0 Å². The number of hydrogen-bond acceptors (Lipinski definition) is 2. The Kier molecular flexibility index (Phi) is 5.51. The molecular formula is C14H16BrF2NO2S. The second-order valence-electron chi connectivity index (χ2n) is 4.95. The Morgan fingerprint density at radius 2 is 2.00 bits per heavy atom. The number of sulfonamides is 1. The third-order valence-electron chi connectivity index (χ3n) is 3.36. The number of halogens is 3. The van der Waals surface area contributed by atoms with E-state index in [4.69, 9.17) is 0 Å². The van der Waals surface area contributed by atoms with Gasteiger partial charge < -0.3 is 0 Å². The van der Waals surface area contributed by atoms with Crippen LogP contribution in [0.5, 0.6) is 0 Å². The summed E-state index contributed by atoms with van der Waals surface area (Å²) < 4.78 is 53.1. The molecule has 1 aliphatic carbocycles. The van der Waals surface area contributed by atoms with Crippen molar-refractivity contribution in [2.24, 2.45) is 0 Å². The molecule has 1 aliphatic rings. The minimum atomic E-state index is -4.00. The average Bonchev–Trinajstić information content (AvgIpc) is 2.38. The third kappa shape index (κ3) is 4.34. The molecule has 7 heteroatoms. The van der Waals surface area contributed by atoms with Crippen molar-refractivity contribution in [3.63, 3.8) is 0 Å². The molecule has 0 spiro atoms. The summed E-state index contributed by atoms with van der Waals surface area (Å²) in [6.45, 7) is 0.206. The van der Waals surface area contributed by atoms with Crippen LogP contribution in [0.1, 0.15) is 32.1 Å². The fourth-order valence-electron chi connectivity index (χ4n) is 2.34. The number of benzene rings is 1. The zero-order valence-electron chi connectivity index (χ0n) is 11.3. The van der Waals surface area contributed by atoms with Crippen LogP contribution in [0.15, 0.2) is 33.2 Å². The van der Waals surface area contributed by atoms with E-state index >= 15 is 0 Å².